The van der Waals surface area contributed by atoms with Crippen molar-refractivity contribution in [3.63, 3.8) is 0 Å². The van der Waals surface area contributed by atoms with Crippen molar-refractivity contribution < 1.29 is 13.5 Å². The van der Waals surface area contributed by atoms with Gasteiger partial charge in [0.1, 0.15) is 24.0 Å². The minimum atomic E-state index is -0.508. The standard InChI is InChI=1S/C16H14F2N2O/c1-10(20)15-3-2-14(7-16(15)18)21-9-12-4-11(8-19)5-13(17)6-12/h2-7,10H,9,20H2,1H3/t10-/m0/s1. The molecule has 1 atom stereocenters. The maximum Gasteiger partial charge on any atom is 0.131 e. The third-order valence-corrected chi connectivity index (χ3v) is 2.95. The molecule has 108 valence electrons. The summed E-state index contributed by atoms with van der Waals surface area (Å²) in [6, 6.07) is 9.80. The number of rotatable bonds is 4. The Kier molecular flexibility index (Phi) is 4.51. The van der Waals surface area contributed by atoms with E-state index in [4.69, 9.17) is 15.7 Å². The van der Waals surface area contributed by atoms with Crippen molar-refractivity contribution in [2.75, 3.05) is 0 Å². The Balaban J connectivity index is 2.12. The van der Waals surface area contributed by atoms with E-state index >= 15 is 0 Å². The van der Waals surface area contributed by atoms with E-state index in [2.05, 4.69) is 0 Å². The van der Waals surface area contributed by atoms with Gasteiger partial charge in [0.15, 0.2) is 0 Å². The molecule has 0 unspecified atom stereocenters. The van der Waals surface area contributed by atoms with E-state index in [0.717, 1.165) is 6.07 Å². The van der Waals surface area contributed by atoms with Crippen molar-refractivity contribution in [2.24, 2.45) is 5.73 Å². The lowest BCUT2D eigenvalue weighted by Gasteiger charge is -2.10. The molecule has 0 spiro atoms. The fraction of sp³-hybridized carbons (Fsp3) is 0.188. The average Bonchev–Trinajstić information content (AvgIpc) is 2.44. The number of ether oxygens (including phenoxy) is 1. The smallest absolute Gasteiger partial charge is 0.131 e. The number of nitrogens with two attached hydrogens (primary N) is 1. The molecule has 0 bridgehead atoms. The van der Waals surface area contributed by atoms with Gasteiger partial charge < -0.3 is 10.5 Å². The third kappa shape index (κ3) is 3.77. The highest BCUT2D eigenvalue weighted by atomic mass is 19.1. The first kappa shape index (κ1) is 14.9. The molecule has 2 aromatic carbocycles. The highest BCUT2D eigenvalue weighted by Crippen LogP contribution is 2.21. The molecule has 21 heavy (non-hydrogen) atoms. The van der Waals surface area contributed by atoms with Crippen molar-refractivity contribution in [3.05, 3.63) is 64.7 Å². The first-order valence-electron chi connectivity index (χ1n) is 6.37. The maximum atomic E-state index is 13.7. The van der Waals surface area contributed by atoms with Crippen LogP contribution in [-0.4, -0.2) is 0 Å². The van der Waals surface area contributed by atoms with E-state index in [1.165, 1.54) is 18.2 Å². The molecule has 0 radical (unpaired) electrons. The number of nitrogens with zero attached hydrogens (tertiary/aromatic N) is 1. The molecular weight excluding hydrogens is 274 g/mol. The zero-order valence-corrected chi connectivity index (χ0v) is 11.4. The molecule has 0 heterocycles. The number of hydrogen-bond donors (Lipinski definition) is 1. The van der Waals surface area contributed by atoms with Crippen LogP contribution in [0.15, 0.2) is 36.4 Å². The minimum Gasteiger partial charge on any atom is -0.489 e. The first-order valence-corrected chi connectivity index (χ1v) is 6.37. The summed E-state index contributed by atoms with van der Waals surface area (Å²) in [4.78, 5) is 0. The van der Waals surface area contributed by atoms with E-state index < -0.39 is 17.7 Å². The van der Waals surface area contributed by atoms with Crippen LogP contribution in [0.2, 0.25) is 0 Å². The molecule has 0 aromatic heterocycles. The second kappa shape index (κ2) is 6.33. The predicted molar refractivity (Wildman–Crippen MR) is 74.4 cm³/mol. The van der Waals surface area contributed by atoms with Crippen LogP contribution in [0.25, 0.3) is 0 Å². The molecule has 3 nitrogen and oxygen atoms in total. The summed E-state index contributed by atoms with van der Waals surface area (Å²) in [5, 5.41) is 8.77. The Morgan fingerprint density at radius 2 is 2.00 bits per heavy atom. The molecule has 0 amide bonds. The van der Waals surface area contributed by atoms with Gasteiger partial charge in [-0.25, -0.2) is 8.78 Å². The summed E-state index contributed by atoms with van der Waals surface area (Å²) in [5.41, 5.74) is 6.75. The van der Waals surface area contributed by atoms with Crippen LogP contribution in [0, 0.1) is 23.0 Å². The number of hydrogen-bond acceptors (Lipinski definition) is 3. The number of halogens is 2. The summed E-state index contributed by atoms with van der Waals surface area (Å²) < 4.78 is 32.4. The van der Waals surface area contributed by atoms with Gasteiger partial charge in [-0.1, -0.05) is 6.07 Å². The van der Waals surface area contributed by atoms with Gasteiger partial charge >= 0.3 is 0 Å². The van der Waals surface area contributed by atoms with Crippen molar-refractivity contribution in [3.8, 4) is 11.8 Å². The Hall–Kier alpha value is -2.45. The monoisotopic (exact) mass is 288 g/mol. The van der Waals surface area contributed by atoms with E-state index in [-0.39, 0.29) is 12.2 Å². The van der Waals surface area contributed by atoms with Crippen molar-refractivity contribution in [1.82, 2.24) is 0 Å². The fourth-order valence-electron chi connectivity index (χ4n) is 1.93. The van der Waals surface area contributed by atoms with Gasteiger partial charge in [-0.2, -0.15) is 5.26 Å². The van der Waals surface area contributed by atoms with E-state index in [0.29, 0.717) is 16.9 Å². The molecule has 0 saturated carbocycles. The largest absolute Gasteiger partial charge is 0.489 e. The summed E-state index contributed by atoms with van der Waals surface area (Å²) >= 11 is 0. The highest BCUT2D eigenvalue weighted by molar-refractivity contribution is 5.34. The Morgan fingerprint density at radius 3 is 2.62 bits per heavy atom. The van der Waals surface area contributed by atoms with Gasteiger partial charge in [0.05, 0.1) is 11.6 Å². The molecular formula is C16H14F2N2O. The maximum absolute atomic E-state index is 13.7. The molecule has 0 fully saturated rings. The summed E-state index contributed by atoms with van der Waals surface area (Å²) in [6.45, 7) is 1.73. The third-order valence-electron chi connectivity index (χ3n) is 2.95. The Labute approximate surface area is 121 Å². The van der Waals surface area contributed by atoms with Crippen molar-refractivity contribution >= 4 is 0 Å². The lowest BCUT2D eigenvalue weighted by Crippen LogP contribution is -2.07. The normalized spacial score (nSPS) is 11.8. The molecule has 2 aromatic rings. The zero-order valence-electron chi connectivity index (χ0n) is 11.4. The van der Waals surface area contributed by atoms with E-state index in [1.807, 2.05) is 6.07 Å². The number of benzene rings is 2. The van der Waals surface area contributed by atoms with E-state index in [1.54, 1.807) is 19.1 Å². The highest BCUT2D eigenvalue weighted by Gasteiger charge is 2.08. The van der Waals surface area contributed by atoms with Gasteiger partial charge in [0, 0.05) is 17.7 Å². The lowest BCUT2D eigenvalue weighted by molar-refractivity contribution is 0.303. The molecule has 2 rings (SSSR count). The quantitative estimate of drug-likeness (QED) is 0.937. The second-order valence-electron chi connectivity index (χ2n) is 4.72. The van der Waals surface area contributed by atoms with Gasteiger partial charge in [-0.15, -0.1) is 0 Å². The minimum absolute atomic E-state index is 0.0450. The van der Waals surface area contributed by atoms with Crippen molar-refractivity contribution in [2.45, 2.75) is 19.6 Å². The lowest BCUT2D eigenvalue weighted by atomic mass is 10.1. The average molecular weight is 288 g/mol. The van der Waals surface area contributed by atoms with Crippen LogP contribution >= 0.6 is 0 Å². The topological polar surface area (TPSA) is 59.0 Å². The van der Waals surface area contributed by atoms with Gasteiger partial charge in [-0.05, 0) is 36.8 Å². The molecule has 0 saturated heterocycles. The van der Waals surface area contributed by atoms with Crippen LogP contribution in [0.3, 0.4) is 0 Å². The van der Waals surface area contributed by atoms with Gasteiger partial charge in [0.25, 0.3) is 0 Å². The Bertz CT molecular complexity index is 693. The summed E-state index contributed by atoms with van der Waals surface area (Å²) in [7, 11) is 0. The van der Waals surface area contributed by atoms with Crippen LogP contribution in [0.1, 0.15) is 29.7 Å². The molecule has 0 aliphatic carbocycles. The molecule has 0 aliphatic heterocycles. The summed E-state index contributed by atoms with van der Waals surface area (Å²) in [6.07, 6.45) is 0. The van der Waals surface area contributed by atoms with Crippen LogP contribution in [-0.2, 0) is 6.61 Å². The van der Waals surface area contributed by atoms with Gasteiger partial charge in [-0.3, -0.25) is 0 Å². The molecule has 2 N–H and O–H groups in total. The first-order chi connectivity index (χ1) is 9.99. The summed E-state index contributed by atoms with van der Waals surface area (Å²) in [5.74, 6) is -0.634. The fourth-order valence-corrected chi connectivity index (χ4v) is 1.93. The Morgan fingerprint density at radius 1 is 1.24 bits per heavy atom. The SMILES string of the molecule is C[C@H](N)c1ccc(OCc2cc(F)cc(C#N)c2)cc1F. The zero-order chi connectivity index (χ0) is 15.4. The van der Waals surface area contributed by atoms with Crippen LogP contribution in [0.4, 0.5) is 8.78 Å². The van der Waals surface area contributed by atoms with Crippen LogP contribution in [0.5, 0.6) is 5.75 Å². The molecule has 5 heteroatoms. The van der Waals surface area contributed by atoms with E-state index in [9.17, 15) is 8.78 Å². The van der Waals surface area contributed by atoms with Crippen molar-refractivity contribution in [1.29, 1.82) is 5.26 Å². The predicted octanol–water partition coefficient (Wildman–Crippen LogP) is 3.44. The molecule has 0 aliphatic rings. The number of nitriles is 1. The van der Waals surface area contributed by atoms with Gasteiger partial charge in [0.2, 0.25) is 0 Å². The second-order valence-corrected chi connectivity index (χ2v) is 4.72. The van der Waals surface area contributed by atoms with Crippen LogP contribution < -0.4 is 10.5 Å².